The first-order valence-corrected chi connectivity index (χ1v) is 8.35. The molecule has 0 aliphatic heterocycles. The summed E-state index contributed by atoms with van der Waals surface area (Å²) in [6.45, 7) is 4.73. The molecular weight excluding hydrogens is 348 g/mol. The van der Waals surface area contributed by atoms with Crippen LogP contribution in [0.15, 0.2) is 42.5 Å². The number of anilines is 1. The SMILES string of the molecule is C=O.CCCCNc1cc(C(=O)O)cc(C=O)c1Oc1ccccc1.CN. The largest absolute Gasteiger partial charge is 0.478 e. The smallest absolute Gasteiger partial charge is 0.335 e. The molecule has 0 fully saturated rings. The van der Waals surface area contributed by atoms with Crippen molar-refractivity contribution in [2.75, 3.05) is 18.9 Å². The van der Waals surface area contributed by atoms with E-state index in [1.807, 2.05) is 25.0 Å². The number of benzene rings is 2. The first-order chi connectivity index (χ1) is 13.2. The van der Waals surface area contributed by atoms with E-state index in [4.69, 9.17) is 9.53 Å². The van der Waals surface area contributed by atoms with Crippen molar-refractivity contribution in [3.63, 3.8) is 0 Å². The summed E-state index contributed by atoms with van der Waals surface area (Å²) in [4.78, 5) is 30.6. The van der Waals surface area contributed by atoms with E-state index >= 15 is 0 Å². The number of rotatable bonds is 8. The zero-order valence-electron chi connectivity index (χ0n) is 15.6. The highest BCUT2D eigenvalue weighted by Crippen LogP contribution is 2.34. The molecule has 4 N–H and O–H groups in total. The van der Waals surface area contributed by atoms with E-state index in [-0.39, 0.29) is 11.1 Å². The molecule has 0 aliphatic rings. The lowest BCUT2D eigenvalue weighted by atomic mass is 10.1. The zero-order valence-corrected chi connectivity index (χ0v) is 15.6. The highest BCUT2D eigenvalue weighted by Gasteiger charge is 2.16. The van der Waals surface area contributed by atoms with Gasteiger partial charge in [-0.3, -0.25) is 4.79 Å². The zero-order chi connectivity index (χ0) is 20.7. The predicted molar refractivity (Wildman–Crippen MR) is 106 cm³/mol. The Bertz CT molecular complexity index is 705. The van der Waals surface area contributed by atoms with E-state index in [9.17, 15) is 14.7 Å². The Morgan fingerprint density at radius 1 is 1.22 bits per heavy atom. The van der Waals surface area contributed by atoms with E-state index in [0.29, 0.717) is 30.0 Å². The molecule has 2 rings (SSSR count). The van der Waals surface area contributed by atoms with E-state index in [1.165, 1.54) is 19.2 Å². The number of carbonyl (C=O) groups excluding carboxylic acids is 2. The van der Waals surface area contributed by atoms with Crippen molar-refractivity contribution in [3.05, 3.63) is 53.6 Å². The Kier molecular flexibility index (Phi) is 12.4. The maximum absolute atomic E-state index is 11.4. The van der Waals surface area contributed by atoms with Gasteiger partial charge in [0.25, 0.3) is 0 Å². The minimum atomic E-state index is -1.09. The van der Waals surface area contributed by atoms with Crippen LogP contribution in [0.1, 0.15) is 40.5 Å². The van der Waals surface area contributed by atoms with Crippen LogP contribution in [0.25, 0.3) is 0 Å². The summed E-state index contributed by atoms with van der Waals surface area (Å²) in [6, 6.07) is 11.9. The van der Waals surface area contributed by atoms with E-state index < -0.39 is 5.97 Å². The van der Waals surface area contributed by atoms with Crippen LogP contribution in [-0.2, 0) is 4.79 Å². The number of ether oxygens (including phenoxy) is 1. The predicted octanol–water partition coefficient (Wildman–Crippen LogP) is 3.59. The molecule has 0 heterocycles. The molecule has 0 saturated heterocycles. The molecule has 0 atom stereocenters. The summed E-state index contributed by atoms with van der Waals surface area (Å²) in [7, 11) is 1.50. The van der Waals surface area contributed by atoms with Gasteiger partial charge in [0.2, 0.25) is 0 Å². The van der Waals surface area contributed by atoms with E-state index in [0.717, 1.165) is 12.8 Å². The summed E-state index contributed by atoms with van der Waals surface area (Å²) in [5.74, 6) is -0.164. The van der Waals surface area contributed by atoms with Crippen LogP contribution in [0.5, 0.6) is 11.5 Å². The molecule has 7 nitrogen and oxygen atoms in total. The highest BCUT2D eigenvalue weighted by molar-refractivity contribution is 5.94. The van der Waals surface area contributed by atoms with Gasteiger partial charge in [-0.25, -0.2) is 4.79 Å². The number of nitrogens with two attached hydrogens (primary N) is 1. The number of carbonyl (C=O) groups is 3. The molecule has 0 spiro atoms. The third kappa shape index (κ3) is 7.70. The van der Waals surface area contributed by atoms with Crippen LogP contribution >= 0.6 is 0 Å². The fourth-order valence-corrected chi connectivity index (χ4v) is 2.11. The number of carboxylic acid groups (broad SMARTS) is 1. The van der Waals surface area contributed by atoms with Crippen LogP contribution in [-0.4, -0.2) is 37.7 Å². The minimum Gasteiger partial charge on any atom is -0.478 e. The minimum absolute atomic E-state index is 0.0477. The van der Waals surface area contributed by atoms with Gasteiger partial charge in [0.15, 0.2) is 12.0 Å². The van der Waals surface area contributed by atoms with Crippen molar-refractivity contribution in [2.45, 2.75) is 19.8 Å². The van der Waals surface area contributed by atoms with Crippen molar-refractivity contribution in [3.8, 4) is 11.5 Å². The summed E-state index contributed by atoms with van der Waals surface area (Å²) >= 11 is 0. The number of para-hydroxylation sites is 1. The van der Waals surface area contributed by atoms with Gasteiger partial charge in [-0.2, -0.15) is 0 Å². The topological polar surface area (TPSA) is 119 Å². The molecule has 0 aromatic heterocycles. The van der Waals surface area contributed by atoms with Crippen LogP contribution in [0.3, 0.4) is 0 Å². The number of carboxylic acids is 1. The second kappa shape index (κ2) is 14.0. The fraction of sp³-hybridized carbons (Fsp3) is 0.250. The highest BCUT2D eigenvalue weighted by atomic mass is 16.5. The van der Waals surface area contributed by atoms with Gasteiger partial charge in [0.1, 0.15) is 12.5 Å². The van der Waals surface area contributed by atoms with Crippen LogP contribution in [0.2, 0.25) is 0 Å². The second-order valence-electron chi connectivity index (χ2n) is 5.06. The lowest BCUT2D eigenvalue weighted by molar-refractivity contribution is -0.0980. The third-order valence-corrected chi connectivity index (χ3v) is 3.30. The van der Waals surface area contributed by atoms with E-state index in [1.54, 1.807) is 12.1 Å². The van der Waals surface area contributed by atoms with Crippen molar-refractivity contribution < 1.29 is 24.2 Å². The quantitative estimate of drug-likeness (QED) is 0.477. The molecule has 7 heteroatoms. The second-order valence-corrected chi connectivity index (χ2v) is 5.06. The lowest BCUT2D eigenvalue weighted by Gasteiger charge is -2.16. The monoisotopic (exact) mass is 374 g/mol. The average molecular weight is 374 g/mol. The van der Waals surface area contributed by atoms with Crippen molar-refractivity contribution in [1.82, 2.24) is 0 Å². The van der Waals surface area contributed by atoms with Gasteiger partial charge in [-0.05, 0) is 37.7 Å². The van der Waals surface area contributed by atoms with Gasteiger partial charge < -0.3 is 25.7 Å². The maximum Gasteiger partial charge on any atom is 0.335 e. The number of hydrogen-bond donors (Lipinski definition) is 3. The number of unbranched alkanes of at least 4 members (excludes halogenated alkanes) is 1. The van der Waals surface area contributed by atoms with Crippen LogP contribution in [0, 0.1) is 0 Å². The number of hydrogen-bond acceptors (Lipinski definition) is 6. The molecule has 0 bridgehead atoms. The summed E-state index contributed by atoms with van der Waals surface area (Å²) in [5, 5.41) is 12.4. The first kappa shape index (κ1) is 23.8. The van der Waals surface area contributed by atoms with Crippen LogP contribution < -0.4 is 15.8 Å². The average Bonchev–Trinajstić information content (AvgIpc) is 2.72. The van der Waals surface area contributed by atoms with Gasteiger partial charge in [-0.1, -0.05) is 31.5 Å². The molecule has 0 saturated carbocycles. The molecule has 27 heavy (non-hydrogen) atoms. The standard InChI is InChI=1S/C18H19NO4.CH5N.CH2O/c1-2-3-9-19-16-11-13(18(21)22)10-14(12-20)17(16)23-15-7-5-4-6-8-15;2*1-2/h4-8,10-12,19H,2-3,9H2,1H3,(H,21,22);2H2,1H3;1H2. The molecule has 146 valence electrons. The molecular formula is C20H26N2O5. The Morgan fingerprint density at radius 2 is 1.85 bits per heavy atom. The Labute approximate surface area is 159 Å². The van der Waals surface area contributed by atoms with Crippen molar-refractivity contribution in [2.24, 2.45) is 5.73 Å². The van der Waals surface area contributed by atoms with E-state index in [2.05, 4.69) is 18.0 Å². The Balaban J connectivity index is 0.00000158. The number of aromatic carboxylic acids is 1. The molecule has 0 aliphatic carbocycles. The van der Waals surface area contributed by atoms with Gasteiger partial charge >= 0.3 is 5.97 Å². The number of nitrogens with one attached hydrogen (secondary N) is 1. The van der Waals surface area contributed by atoms with Crippen LogP contribution in [0.4, 0.5) is 5.69 Å². The normalized spacial score (nSPS) is 9.00. The number of aldehydes is 1. The summed E-state index contributed by atoms with van der Waals surface area (Å²) < 4.78 is 5.81. The molecule has 0 amide bonds. The fourth-order valence-electron chi connectivity index (χ4n) is 2.11. The van der Waals surface area contributed by atoms with Crippen molar-refractivity contribution >= 4 is 24.7 Å². The summed E-state index contributed by atoms with van der Waals surface area (Å²) in [5.41, 5.74) is 5.25. The van der Waals surface area contributed by atoms with Gasteiger partial charge in [0, 0.05) is 6.54 Å². The summed E-state index contributed by atoms with van der Waals surface area (Å²) in [6.07, 6.45) is 2.54. The molecule has 2 aromatic carbocycles. The molecule has 0 radical (unpaired) electrons. The Hall–Kier alpha value is -3.19. The van der Waals surface area contributed by atoms with Crippen molar-refractivity contribution in [1.29, 1.82) is 0 Å². The third-order valence-electron chi connectivity index (χ3n) is 3.30. The Morgan fingerprint density at radius 3 is 2.37 bits per heavy atom. The molecule has 2 aromatic rings. The lowest BCUT2D eigenvalue weighted by Crippen LogP contribution is -2.07. The first-order valence-electron chi connectivity index (χ1n) is 8.35. The van der Waals surface area contributed by atoms with Gasteiger partial charge in [0.05, 0.1) is 16.8 Å². The molecule has 0 unspecified atom stereocenters. The maximum atomic E-state index is 11.4. The van der Waals surface area contributed by atoms with Gasteiger partial charge in [-0.15, -0.1) is 0 Å².